The van der Waals surface area contributed by atoms with Gasteiger partial charge in [-0.1, -0.05) is 74.5 Å². The number of phenols is 1. The molecule has 2 aliphatic rings. The summed E-state index contributed by atoms with van der Waals surface area (Å²) in [4.78, 5) is 41.7. The highest BCUT2D eigenvalue weighted by molar-refractivity contribution is 5.97. The Labute approximate surface area is 255 Å². The Hall–Kier alpha value is -4.31. The molecule has 4 N–H and O–H groups in total. The van der Waals surface area contributed by atoms with Crippen molar-refractivity contribution in [2.75, 3.05) is 6.54 Å². The van der Waals surface area contributed by atoms with Crippen LogP contribution >= 0.6 is 0 Å². The van der Waals surface area contributed by atoms with E-state index in [9.17, 15) is 24.6 Å². The van der Waals surface area contributed by atoms with E-state index in [2.05, 4.69) is 10.6 Å². The second-order valence-electron chi connectivity index (χ2n) is 12.3. The van der Waals surface area contributed by atoms with E-state index >= 15 is 8.78 Å². The number of benzene rings is 3. The van der Waals surface area contributed by atoms with Gasteiger partial charge in [0.15, 0.2) is 6.10 Å². The molecule has 232 valence electrons. The predicted molar refractivity (Wildman–Crippen MR) is 160 cm³/mol. The molecular weight excluding hydrogens is 568 g/mol. The van der Waals surface area contributed by atoms with Gasteiger partial charge in [-0.2, -0.15) is 0 Å². The fraction of sp³-hybridized carbons (Fsp3) is 0.382. The lowest BCUT2D eigenvalue weighted by Crippen LogP contribution is -2.58. The van der Waals surface area contributed by atoms with Gasteiger partial charge in [-0.05, 0) is 55.0 Å². The van der Waals surface area contributed by atoms with E-state index in [0.29, 0.717) is 17.5 Å². The van der Waals surface area contributed by atoms with Crippen LogP contribution in [0.3, 0.4) is 0 Å². The van der Waals surface area contributed by atoms with Crippen LogP contribution in [0.15, 0.2) is 72.8 Å². The van der Waals surface area contributed by atoms with Gasteiger partial charge in [0.2, 0.25) is 5.91 Å². The Bertz CT molecular complexity index is 1560. The predicted octanol–water partition coefficient (Wildman–Crippen LogP) is 4.08. The molecule has 0 saturated carbocycles. The third-order valence-corrected chi connectivity index (χ3v) is 9.09. The third-order valence-electron chi connectivity index (χ3n) is 9.09. The maximum Gasteiger partial charge on any atom is 0.272 e. The molecular formula is C34H37F2N3O5. The van der Waals surface area contributed by atoms with Crippen LogP contribution in [0.5, 0.6) is 5.75 Å². The molecule has 3 aromatic rings. The van der Waals surface area contributed by atoms with Gasteiger partial charge in [-0.25, -0.2) is 8.78 Å². The fourth-order valence-corrected chi connectivity index (χ4v) is 6.30. The maximum atomic E-state index is 15.5. The van der Waals surface area contributed by atoms with Crippen LogP contribution in [0.2, 0.25) is 0 Å². The SMILES string of the molecule is Cc1c(O)cccc1C(=O)NC(Cc1ccccc1)C(O)C(=O)N1CC(F)(F)C(C)(C)C1C(=O)NC1CCc2ccccc21. The Kier molecular flexibility index (Phi) is 8.49. The van der Waals surface area contributed by atoms with Crippen LogP contribution in [0.4, 0.5) is 8.78 Å². The molecule has 5 rings (SSSR count). The number of alkyl halides is 2. The number of rotatable bonds is 8. The molecule has 1 saturated heterocycles. The van der Waals surface area contributed by atoms with Gasteiger partial charge in [-0.15, -0.1) is 0 Å². The van der Waals surface area contributed by atoms with Crippen LogP contribution < -0.4 is 10.6 Å². The number of hydrogen-bond acceptors (Lipinski definition) is 5. The number of aryl methyl sites for hydroxylation is 1. The van der Waals surface area contributed by atoms with Gasteiger partial charge in [0.1, 0.15) is 11.8 Å². The number of carbonyl (C=O) groups is 3. The van der Waals surface area contributed by atoms with Crippen molar-refractivity contribution in [2.24, 2.45) is 5.41 Å². The van der Waals surface area contributed by atoms with Crippen LogP contribution in [0.25, 0.3) is 0 Å². The Morgan fingerprint density at radius 1 is 1.00 bits per heavy atom. The quantitative estimate of drug-likeness (QED) is 0.309. The minimum absolute atomic E-state index is 0.000691. The standard InChI is InChI=1S/C34H37F2N3O5/c1-20-23(14-9-15-27(20)40)30(42)38-26(18-21-10-5-4-6-11-21)28(41)32(44)39-19-34(35,36)33(2,3)29(39)31(43)37-25-17-16-22-12-7-8-13-24(22)25/h4-15,25-26,28-29,40-41H,16-19H2,1-3H3,(H,37,43)(H,38,42). The summed E-state index contributed by atoms with van der Waals surface area (Å²) in [6, 6.07) is 17.6. The topological polar surface area (TPSA) is 119 Å². The van der Waals surface area contributed by atoms with Gasteiger partial charge in [0.25, 0.3) is 17.7 Å². The summed E-state index contributed by atoms with van der Waals surface area (Å²) in [7, 11) is 0. The van der Waals surface area contributed by atoms with E-state index in [1.165, 1.54) is 32.0 Å². The highest BCUT2D eigenvalue weighted by atomic mass is 19.3. The zero-order valence-corrected chi connectivity index (χ0v) is 24.9. The molecule has 10 heteroatoms. The number of nitrogens with one attached hydrogen (secondary N) is 2. The maximum absolute atomic E-state index is 15.5. The first-order valence-electron chi connectivity index (χ1n) is 14.7. The molecule has 0 aromatic heterocycles. The number of likely N-dealkylation sites (tertiary alicyclic amines) is 1. The van der Waals surface area contributed by atoms with E-state index in [1.54, 1.807) is 37.3 Å². The summed E-state index contributed by atoms with van der Waals surface area (Å²) in [5, 5.41) is 27.1. The minimum atomic E-state index is -3.44. The van der Waals surface area contributed by atoms with Crippen LogP contribution in [-0.2, 0) is 22.4 Å². The molecule has 3 amide bonds. The van der Waals surface area contributed by atoms with Crippen molar-refractivity contribution in [2.45, 2.75) is 70.2 Å². The molecule has 8 nitrogen and oxygen atoms in total. The molecule has 1 heterocycles. The number of phenolic OH excluding ortho intramolecular Hbond substituents is 1. The van der Waals surface area contributed by atoms with Crippen molar-refractivity contribution >= 4 is 17.7 Å². The number of aliphatic hydroxyl groups is 1. The summed E-state index contributed by atoms with van der Waals surface area (Å²) in [6.45, 7) is 2.98. The first-order chi connectivity index (χ1) is 20.8. The molecule has 1 aliphatic carbocycles. The number of fused-ring (bicyclic) bond motifs is 1. The van der Waals surface area contributed by atoms with Crippen molar-refractivity contribution < 1.29 is 33.4 Å². The van der Waals surface area contributed by atoms with E-state index in [1.807, 2.05) is 24.3 Å². The van der Waals surface area contributed by atoms with Crippen LogP contribution in [0, 0.1) is 12.3 Å². The van der Waals surface area contributed by atoms with Gasteiger partial charge < -0.3 is 25.7 Å². The van der Waals surface area contributed by atoms with Crippen LogP contribution in [-0.4, -0.2) is 63.5 Å². The van der Waals surface area contributed by atoms with Crippen molar-refractivity contribution in [1.29, 1.82) is 0 Å². The zero-order chi connectivity index (χ0) is 31.8. The molecule has 0 radical (unpaired) electrons. The number of aromatic hydroxyl groups is 1. The largest absolute Gasteiger partial charge is 0.508 e. The van der Waals surface area contributed by atoms with Gasteiger partial charge in [-0.3, -0.25) is 14.4 Å². The lowest BCUT2D eigenvalue weighted by Gasteiger charge is -2.35. The fourth-order valence-electron chi connectivity index (χ4n) is 6.30. The minimum Gasteiger partial charge on any atom is -0.508 e. The third kappa shape index (κ3) is 5.78. The summed E-state index contributed by atoms with van der Waals surface area (Å²) in [5.74, 6) is -6.01. The normalized spacial score (nSPS) is 21.3. The number of amides is 3. The summed E-state index contributed by atoms with van der Waals surface area (Å²) in [5.41, 5.74) is 1.15. The van der Waals surface area contributed by atoms with E-state index in [0.717, 1.165) is 22.4 Å². The number of nitrogens with zero attached hydrogens (tertiary/aromatic N) is 1. The molecule has 1 aliphatic heterocycles. The van der Waals surface area contributed by atoms with E-state index in [4.69, 9.17) is 0 Å². The number of carbonyl (C=O) groups excluding carboxylic acids is 3. The summed E-state index contributed by atoms with van der Waals surface area (Å²) >= 11 is 0. The number of halogens is 2. The molecule has 0 bridgehead atoms. The number of aliphatic hydroxyl groups excluding tert-OH is 1. The van der Waals surface area contributed by atoms with Crippen LogP contribution in [0.1, 0.15) is 58.9 Å². The molecule has 1 fully saturated rings. The second-order valence-corrected chi connectivity index (χ2v) is 12.3. The smallest absolute Gasteiger partial charge is 0.272 e. The monoisotopic (exact) mass is 605 g/mol. The molecule has 4 atom stereocenters. The Morgan fingerprint density at radius 2 is 1.68 bits per heavy atom. The number of hydrogen-bond donors (Lipinski definition) is 4. The van der Waals surface area contributed by atoms with E-state index < -0.39 is 53.8 Å². The van der Waals surface area contributed by atoms with Crippen molar-refractivity contribution in [3.8, 4) is 5.75 Å². The second kappa shape index (κ2) is 12.0. The van der Waals surface area contributed by atoms with Crippen molar-refractivity contribution in [3.63, 3.8) is 0 Å². The average Bonchev–Trinajstić information content (AvgIpc) is 3.48. The Balaban J connectivity index is 1.43. The highest BCUT2D eigenvalue weighted by Gasteiger charge is 2.64. The Morgan fingerprint density at radius 3 is 2.41 bits per heavy atom. The molecule has 44 heavy (non-hydrogen) atoms. The molecule has 0 spiro atoms. The summed E-state index contributed by atoms with van der Waals surface area (Å²) < 4.78 is 30.9. The summed E-state index contributed by atoms with van der Waals surface area (Å²) in [6.07, 6.45) is -0.624. The van der Waals surface area contributed by atoms with Gasteiger partial charge in [0, 0.05) is 11.1 Å². The zero-order valence-electron chi connectivity index (χ0n) is 24.9. The van der Waals surface area contributed by atoms with Gasteiger partial charge in [0.05, 0.1) is 24.0 Å². The average molecular weight is 606 g/mol. The molecule has 3 aromatic carbocycles. The lowest BCUT2D eigenvalue weighted by atomic mass is 9.81. The van der Waals surface area contributed by atoms with E-state index in [-0.39, 0.29) is 23.8 Å². The first-order valence-corrected chi connectivity index (χ1v) is 14.7. The lowest BCUT2D eigenvalue weighted by molar-refractivity contribution is -0.148. The van der Waals surface area contributed by atoms with Gasteiger partial charge >= 0.3 is 0 Å². The van der Waals surface area contributed by atoms with Crippen molar-refractivity contribution in [1.82, 2.24) is 15.5 Å². The first kappa shape index (κ1) is 31.1. The highest BCUT2D eigenvalue weighted by Crippen LogP contribution is 2.48. The van der Waals surface area contributed by atoms with Crippen molar-refractivity contribution in [3.05, 3.63) is 101 Å². The molecule has 4 unspecified atom stereocenters.